The fraction of sp³-hybridized carbons (Fsp3) is 0.353. The van der Waals surface area contributed by atoms with E-state index in [1.54, 1.807) is 0 Å². The van der Waals surface area contributed by atoms with E-state index < -0.39 is 0 Å². The quantitative estimate of drug-likeness (QED) is 0.941. The summed E-state index contributed by atoms with van der Waals surface area (Å²) in [5, 5.41) is 3.40. The first kappa shape index (κ1) is 14.4. The second kappa shape index (κ2) is 6.50. The van der Waals surface area contributed by atoms with Gasteiger partial charge in [0.05, 0.1) is 11.9 Å². The molecule has 0 atom stereocenters. The van der Waals surface area contributed by atoms with E-state index in [-0.39, 0.29) is 0 Å². The Morgan fingerprint density at radius 1 is 1.10 bits per heavy atom. The molecule has 1 aliphatic rings. The number of benzene rings is 1. The lowest BCUT2D eigenvalue weighted by Crippen LogP contribution is -2.43. The van der Waals surface area contributed by atoms with Crippen LogP contribution in [0.2, 0.25) is 0 Å². The van der Waals surface area contributed by atoms with Crippen LogP contribution in [-0.4, -0.2) is 31.2 Å². The molecule has 21 heavy (non-hydrogen) atoms. The molecule has 0 amide bonds. The number of nitrogens with zero attached hydrogens (tertiary/aromatic N) is 2. The Morgan fingerprint density at radius 2 is 1.90 bits per heavy atom. The van der Waals surface area contributed by atoms with E-state index >= 15 is 0 Å². The first-order valence-corrected chi connectivity index (χ1v) is 8.20. The Morgan fingerprint density at radius 3 is 2.67 bits per heavy atom. The number of nitrogens with one attached hydrogen (secondary N) is 1. The fourth-order valence-corrected chi connectivity index (χ4v) is 3.64. The van der Waals surface area contributed by atoms with Gasteiger partial charge < -0.3 is 10.2 Å². The van der Waals surface area contributed by atoms with Crippen LogP contribution < -0.4 is 10.2 Å². The molecule has 4 heteroatoms. The van der Waals surface area contributed by atoms with Crippen molar-refractivity contribution in [1.82, 2.24) is 10.3 Å². The maximum absolute atomic E-state index is 4.32. The van der Waals surface area contributed by atoms with Crippen LogP contribution in [0.15, 0.2) is 46.5 Å². The van der Waals surface area contributed by atoms with Crippen LogP contribution in [0.4, 0.5) is 5.69 Å². The van der Waals surface area contributed by atoms with Crippen LogP contribution in [0.3, 0.4) is 0 Å². The van der Waals surface area contributed by atoms with E-state index in [4.69, 9.17) is 0 Å². The summed E-state index contributed by atoms with van der Waals surface area (Å²) in [6.07, 6.45) is 3.88. The predicted molar refractivity (Wildman–Crippen MR) is 89.4 cm³/mol. The summed E-state index contributed by atoms with van der Waals surface area (Å²) in [6, 6.07) is 8.77. The number of rotatable bonds is 3. The smallest absolute Gasteiger partial charge is 0.0695 e. The Bertz CT molecular complexity index is 621. The van der Waals surface area contributed by atoms with Crippen molar-refractivity contribution >= 4 is 17.4 Å². The van der Waals surface area contributed by atoms with Crippen LogP contribution >= 0.6 is 11.8 Å². The summed E-state index contributed by atoms with van der Waals surface area (Å²) < 4.78 is 0. The molecule has 0 radical (unpaired) electrons. The van der Waals surface area contributed by atoms with Gasteiger partial charge in [-0.05, 0) is 31.5 Å². The summed E-state index contributed by atoms with van der Waals surface area (Å²) in [5.41, 5.74) is 3.90. The molecule has 110 valence electrons. The number of piperazine rings is 1. The molecular formula is C17H21N3S. The van der Waals surface area contributed by atoms with Crippen LogP contribution in [0.5, 0.6) is 0 Å². The predicted octanol–water partition coefficient (Wildman–Crippen LogP) is 3.26. The molecular weight excluding hydrogens is 278 g/mol. The van der Waals surface area contributed by atoms with E-state index in [1.165, 1.54) is 26.6 Å². The van der Waals surface area contributed by atoms with Crippen molar-refractivity contribution in [3.8, 4) is 0 Å². The van der Waals surface area contributed by atoms with E-state index in [1.807, 2.05) is 24.2 Å². The standard InChI is InChI=1S/C17H21N3S/c1-13-3-4-16(14(2)11-13)21-17-5-6-19-12-15(17)20-9-7-18-8-10-20/h3-6,11-12,18H,7-10H2,1-2H3. The normalized spacial score (nSPS) is 15.2. The van der Waals surface area contributed by atoms with Crippen LogP contribution in [0, 0.1) is 13.8 Å². The van der Waals surface area contributed by atoms with Gasteiger partial charge >= 0.3 is 0 Å². The number of hydrogen-bond donors (Lipinski definition) is 1. The van der Waals surface area contributed by atoms with Crippen molar-refractivity contribution in [3.05, 3.63) is 47.8 Å². The number of aryl methyl sites for hydroxylation is 2. The number of aromatic nitrogens is 1. The van der Waals surface area contributed by atoms with Gasteiger partial charge in [0, 0.05) is 42.2 Å². The lowest BCUT2D eigenvalue weighted by atomic mass is 10.2. The van der Waals surface area contributed by atoms with Gasteiger partial charge in [-0.3, -0.25) is 4.98 Å². The number of pyridine rings is 1. The monoisotopic (exact) mass is 299 g/mol. The highest BCUT2D eigenvalue weighted by Crippen LogP contribution is 2.36. The third-order valence-corrected chi connectivity index (χ3v) is 5.01. The van der Waals surface area contributed by atoms with E-state index in [2.05, 4.69) is 53.3 Å². The van der Waals surface area contributed by atoms with Gasteiger partial charge in [-0.1, -0.05) is 29.5 Å². The third-order valence-electron chi connectivity index (χ3n) is 3.77. The molecule has 1 aromatic carbocycles. The van der Waals surface area contributed by atoms with Gasteiger partial charge in [0.1, 0.15) is 0 Å². The zero-order valence-corrected chi connectivity index (χ0v) is 13.4. The van der Waals surface area contributed by atoms with Crippen molar-refractivity contribution in [2.24, 2.45) is 0 Å². The lowest BCUT2D eigenvalue weighted by Gasteiger charge is -2.30. The molecule has 3 rings (SSSR count). The summed E-state index contributed by atoms with van der Waals surface area (Å²) in [5.74, 6) is 0. The highest BCUT2D eigenvalue weighted by molar-refractivity contribution is 7.99. The summed E-state index contributed by atoms with van der Waals surface area (Å²) in [6.45, 7) is 8.50. The zero-order chi connectivity index (χ0) is 14.7. The van der Waals surface area contributed by atoms with Crippen molar-refractivity contribution in [2.75, 3.05) is 31.1 Å². The lowest BCUT2D eigenvalue weighted by molar-refractivity contribution is 0.586. The highest BCUT2D eigenvalue weighted by atomic mass is 32.2. The molecule has 3 nitrogen and oxygen atoms in total. The first-order chi connectivity index (χ1) is 10.2. The molecule has 0 aliphatic carbocycles. The van der Waals surface area contributed by atoms with Crippen LogP contribution in [-0.2, 0) is 0 Å². The number of anilines is 1. The average molecular weight is 299 g/mol. The second-order valence-corrected chi connectivity index (χ2v) is 6.54. The second-order valence-electron chi connectivity index (χ2n) is 5.45. The Hall–Kier alpha value is -1.52. The third kappa shape index (κ3) is 3.39. The van der Waals surface area contributed by atoms with E-state index in [0.717, 1.165) is 26.2 Å². The summed E-state index contributed by atoms with van der Waals surface area (Å²) in [4.78, 5) is 9.36. The molecule has 0 bridgehead atoms. The molecule has 1 fully saturated rings. The van der Waals surface area contributed by atoms with Gasteiger partial charge in [-0.25, -0.2) is 0 Å². The largest absolute Gasteiger partial charge is 0.367 e. The van der Waals surface area contributed by atoms with Crippen molar-refractivity contribution < 1.29 is 0 Å². The maximum atomic E-state index is 4.32. The minimum absolute atomic E-state index is 1.04. The number of hydrogen-bond acceptors (Lipinski definition) is 4. The van der Waals surface area contributed by atoms with Gasteiger partial charge in [-0.2, -0.15) is 0 Å². The van der Waals surface area contributed by atoms with Crippen LogP contribution in [0.1, 0.15) is 11.1 Å². The fourth-order valence-electron chi connectivity index (χ4n) is 2.64. The molecule has 1 aliphatic heterocycles. The minimum Gasteiger partial charge on any atom is -0.367 e. The molecule has 0 spiro atoms. The minimum atomic E-state index is 1.04. The van der Waals surface area contributed by atoms with Gasteiger partial charge in [0.2, 0.25) is 0 Å². The molecule has 1 saturated heterocycles. The molecule has 1 aromatic heterocycles. The van der Waals surface area contributed by atoms with Gasteiger partial charge in [0.15, 0.2) is 0 Å². The Kier molecular flexibility index (Phi) is 4.46. The molecule has 0 unspecified atom stereocenters. The van der Waals surface area contributed by atoms with Crippen molar-refractivity contribution in [2.45, 2.75) is 23.6 Å². The molecule has 1 N–H and O–H groups in total. The van der Waals surface area contributed by atoms with Gasteiger partial charge in [-0.15, -0.1) is 0 Å². The van der Waals surface area contributed by atoms with Crippen LogP contribution in [0.25, 0.3) is 0 Å². The average Bonchev–Trinajstić information content (AvgIpc) is 2.51. The summed E-state index contributed by atoms with van der Waals surface area (Å²) >= 11 is 1.84. The molecule has 2 aromatic rings. The first-order valence-electron chi connectivity index (χ1n) is 7.39. The Balaban J connectivity index is 1.88. The topological polar surface area (TPSA) is 28.2 Å². The van der Waals surface area contributed by atoms with E-state index in [9.17, 15) is 0 Å². The maximum Gasteiger partial charge on any atom is 0.0695 e. The summed E-state index contributed by atoms with van der Waals surface area (Å²) in [7, 11) is 0. The highest BCUT2D eigenvalue weighted by Gasteiger charge is 2.15. The molecule has 2 heterocycles. The SMILES string of the molecule is Cc1ccc(Sc2ccncc2N2CCNCC2)c(C)c1. The van der Waals surface area contributed by atoms with Crippen molar-refractivity contribution in [1.29, 1.82) is 0 Å². The zero-order valence-electron chi connectivity index (χ0n) is 12.6. The van der Waals surface area contributed by atoms with Gasteiger partial charge in [0.25, 0.3) is 0 Å². The Labute approximate surface area is 130 Å². The van der Waals surface area contributed by atoms with Crippen molar-refractivity contribution in [3.63, 3.8) is 0 Å². The van der Waals surface area contributed by atoms with E-state index in [0.29, 0.717) is 0 Å². The molecule has 0 saturated carbocycles.